The smallest absolute Gasteiger partial charge is 0.337 e. The van der Waals surface area contributed by atoms with Crippen molar-refractivity contribution in [1.29, 1.82) is 0 Å². The Hall–Kier alpha value is -3.34. The van der Waals surface area contributed by atoms with E-state index in [2.05, 4.69) is 0 Å². The molecule has 0 aliphatic rings. The molecule has 3 rings (SSSR count). The van der Waals surface area contributed by atoms with E-state index in [0.29, 0.717) is 23.1 Å². The highest BCUT2D eigenvalue weighted by Crippen LogP contribution is 2.29. The lowest BCUT2D eigenvalue weighted by Crippen LogP contribution is -2.30. The number of rotatable bonds is 6. The monoisotopic (exact) mass is 377 g/mol. The lowest BCUT2D eigenvalue weighted by molar-refractivity contribution is -0.129. The van der Waals surface area contributed by atoms with E-state index < -0.39 is 5.97 Å². The summed E-state index contributed by atoms with van der Waals surface area (Å²) >= 11 is 0. The fourth-order valence-corrected chi connectivity index (χ4v) is 3.19. The van der Waals surface area contributed by atoms with Crippen LogP contribution in [-0.4, -0.2) is 42.6 Å². The molecule has 5 nitrogen and oxygen atoms in total. The molecular formula is C23H23NO4. The van der Waals surface area contributed by atoms with Gasteiger partial charge in [-0.25, -0.2) is 4.79 Å². The van der Waals surface area contributed by atoms with Gasteiger partial charge in [0.15, 0.2) is 0 Å². The Morgan fingerprint density at radius 3 is 2.46 bits per heavy atom. The van der Waals surface area contributed by atoms with Crippen LogP contribution in [0.15, 0.2) is 60.7 Å². The first-order valence-corrected chi connectivity index (χ1v) is 9.10. The fourth-order valence-electron chi connectivity index (χ4n) is 3.19. The minimum absolute atomic E-state index is 0.0532. The van der Waals surface area contributed by atoms with Gasteiger partial charge in [-0.05, 0) is 41.1 Å². The standard InChI is InChI=1S/C23H23NO4/c1-24(12-11-16-7-4-3-5-8-16)22(26)15-17-13-18(23(27)28-2)14-20-19(17)9-6-10-21(20)25/h3-10,13-14,25H,11-12,15H2,1-2H3. The van der Waals surface area contributed by atoms with Gasteiger partial charge in [0.2, 0.25) is 5.91 Å². The summed E-state index contributed by atoms with van der Waals surface area (Å²) in [5.74, 6) is -0.492. The molecule has 0 aliphatic carbocycles. The number of benzene rings is 3. The van der Waals surface area contributed by atoms with Crippen LogP contribution in [0, 0.1) is 0 Å². The van der Waals surface area contributed by atoms with Gasteiger partial charge in [0, 0.05) is 19.0 Å². The third-order valence-electron chi connectivity index (χ3n) is 4.83. The summed E-state index contributed by atoms with van der Waals surface area (Å²) in [4.78, 5) is 26.4. The average molecular weight is 377 g/mol. The molecule has 0 saturated heterocycles. The molecule has 0 unspecified atom stereocenters. The SMILES string of the molecule is COC(=O)c1cc(CC(=O)N(C)CCc2ccccc2)c2cccc(O)c2c1. The number of carbonyl (C=O) groups is 2. The summed E-state index contributed by atoms with van der Waals surface area (Å²) in [7, 11) is 3.08. The lowest BCUT2D eigenvalue weighted by atomic mass is 9.97. The van der Waals surface area contributed by atoms with Crippen molar-refractivity contribution in [2.24, 2.45) is 0 Å². The molecule has 0 saturated carbocycles. The Kier molecular flexibility index (Phi) is 5.94. The number of aromatic hydroxyl groups is 1. The number of phenolic OH excluding ortho intramolecular Hbond substituents is 1. The molecule has 1 N–H and O–H groups in total. The third kappa shape index (κ3) is 4.31. The van der Waals surface area contributed by atoms with Gasteiger partial charge in [-0.1, -0.05) is 42.5 Å². The number of phenols is 1. The summed E-state index contributed by atoms with van der Waals surface area (Å²) in [6.07, 6.45) is 0.906. The predicted octanol–water partition coefficient (Wildman–Crippen LogP) is 3.58. The number of methoxy groups -OCH3 is 1. The van der Waals surface area contributed by atoms with E-state index in [1.165, 1.54) is 12.7 Å². The largest absolute Gasteiger partial charge is 0.507 e. The maximum atomic E-state index is 12.8. The second-order valence-electron chi connectivity index (χ2n) is 6.73. The van der Waals surface area contributed by atoms with E-state index in [9.17, 15) is 14.7 Å². The molecule has 3 aromatic rings. The maximum Gasteiger partial charge on any atom is 0.337 e. The van der Waals surface area contributed by atoms with Gasteiger partial charge >= 0.3 is 5.97 Å². The summed E-state index contributed by atoms with van der Waals surface area (Å²) in [6.45, 7) is 0.600. The number of carbonyl (C=O) groups excluding carboxylic acids is 2. The molecule has 144 valence electrons. The van der Waals surface area contributed by atoms with Gasteiger partial charge in [-0.3, -0.25) is 4.79 Å². The second-order valence-corrected chi connectivity index (χ2v) is 6.73. The molecule has 0 radical (unpaired) electrons. The van der Waals surface area contributed by atoms with Gasteiger partial charge in [0.05, 0.1) is 19.1 Å². The molecule has 0 aromatic heterocycles. The summed E-state index contributed by atoms with van der Waals surface area (Å²) < 4.78 is 4.80. The van der Waals surface area contributed by atoms with Crippen LogP contribution in [0.3, 0.4) is 0 Å². The van der Waals surface area contributed by atoms with Gasteiger partial charge in [0.25, 0.3) is 0 Å². The average Bonchev–Trinajstić information content (AvgIpc) is 2.72. The van der Waals surface area contributed by atoms with Crippen molar-refractivity contribution < 1.29 is 19.4 Å². The van der Waals surface area contributed by atoms with Crippen LogP contribution in [0.5, 0.6) is 5.75 Å². The molecular weight excluding hydrogens is 354 g/mol. The Morgan fingerprint density at radius 2 is 1.75 bits per heavy atom. The molecule has 28 heavy (non-hydrogen) atoms. The molecule has 5 heteroatoms. The Balaban J connectivity index is 1.83. The van der Waals surface area contributed by atoms with E-state index >= 15 is 0 Å². The summed E-state index contributed by atoms with van der Waals surface area (Å²) in [5, 5.41) is 11.5. The highest BCUT2D eigenvalue weighted by atomic mass is 16.5. The number of fused-ring (bicyclic) bond motifs is 1. The van der Waals surface area contributed by atoms with Gasteiger partial charge in [0.1, 0.15) is 5.75 Å². The number of esters is 1. The lowest BCUT2D eigenvalue weighted by Gasteiger charge is -2.18. The predicted molar refractivity (Wildman–Crippen MR) is 108 cm³/mol. The molecule has 3 aromatic carbocycles. The van der Waals surface area contributed by atoms with Crippen molar-refractivity contribution in [3.63, 3.8) is 0 Å². The van der Waals surface area contributed by atoms with E-state index in [4.69, 9.17) is 4.74 Å². The van der Waals surface area contributed by atoms with Crippen LogP contribution in [0.1, 0.15) is 21.5 Å². The van der Waals surface area contributed by atoms with E-state index in [-0.39, 0.29) is 18.1 Å². The van der Waals surface area contributed by atoms with Crippen molar-refractivity contribution in [1.82, 2.24) is 4.90 Å². The number of ether oxygens (including phenoxy) is 1. The Bertz CT molecular complexity index is 998. The van der Waals surface area contributed by atoms with Crippen LogP contribution in [0.4, 0.5) is 0 Å². The molecule has 0 aliphatic heterocycles. The first kappa shape index (κ1) is 19.4. The van der Waals surface area contributed by atoms with Crippen LogP contribution in [0.25, 0.3) is 10.8 Å². The van der Waals surface area contributed by atoms with Crippen molar-refractivity contribution >= 4 is 22.6 Å². The first-order valence-electron chi connectivity index (χ1n) is 9.10. The zero-order chi connectivity index (χ0) is 20.1. The van der Waals surface area contributed by atoms with Crippen molar-refractivity contribution in [2.75, 3.05) is 20.7 Å². The third-order valence-corrected chi connectivity index (χ3v) is 4.83. The highest BCUT2D eigenvalue weighted by molar-refractivity contribution is 6.00. The Labute approximate surface area is 164 Å². The van der Waals surface area contributed by atoms with Crippen LogP contribution >= 0.6 is 0 Å². The molecule has 1 amide bonds. The quantitative estimate of drug-likeness (QED) is 0.667. The first-order chi connectivity index (χ1) is 13.5. The maximum absolute atomic E-state index is 12.8. The van der Waals surface area contributed by atoms with Crippen LogP contribution in [-0.2, 0) is 22.4 Å². The van der Waals surface area contributed by atoms with E-state index in [1.54, 1.807) is 36.2 Å². The number of likely N-dealkylation sites (N-methyl/N-ethyl adjacent to an activating group) is 1. The second kappa shape index (κ2) is 8.57. The van der Waals surface area contributed by atoms with Gasteiger partial charge in [-0.15, -0.1) is 0 Å². The number of hydrogen-bond donors (Lipinski definition) is 1. The number of hydrogen-bond acceptors (Lipinski definition) is 4. The minimum Gasteiger partial charge on any atom is -0.507 e. The molecule has 0 spiro atoms. The van der Waals surface area contributed by atoms with Gasteiger partial charge < -0.3 is 14.7 Å². The van der Waals surface area contributed by atoms with Crippen LogP contribution in [0.2, 0.25) is 0 Å². The zero-order valence-corrected chi connectivity index (χ0v) is 16.0. The molecule has 0 heterocycles. The zero-order valence-electron chi connectivity index (χ0n) is 16.0. The van der Waals surface area contributed by atoms with E-state index in [1.807, 2.05) is 36.4 Å². The van der Waals surface area contributed by atoms with Crippen molar-refractivity contribution in [2.45, 2.75) is 12.8 Å². The normalized spacial score (nSPS) is 10.6. The van der Waals surface area contributed by atoms with Gasteiger partial charge in [-0.2, -0.15) is 0 Å². The van der Waals surface area contributed by atoms with Crippen molar-refractivity contribution in [3.8, 4) is 5.75 Å². The fraction of sp³-hybridized carbons (Fsp3) is 0.217. The van der Waals surface area contributed by atoms with Crippen LogP contribution < -0.4 is 0 Å². The minimum atomic E-state index is -0.503. The summed E-state index contributed by atoms with van der Waals surface area (Å²) in [5.41, 5.74) is 2.17. The van der Waals surface area contributed by atoms with E-state index in [0.717, 1.165) is 11.8 Å². The molecule has 0 atom stereocenters. The number of amides is 1. The topological polar surface area (TPSA) is 66.8 Å². The summed E-state index contributed by atoms with van der Waals surface area (Å²) in [6, 6.07) is 18.4. The number of nitrogens with zero attached hydrogens (tertiary/aromatic N) is 1. The molecule has 0 bridgehead atoms. The Morgan fingerprint density at radius 1 is 1.00 bits per heavy atom. The molecule has 0 fully saturated rings. The highest BCUT2D eigenvalue weighted by Gasteiger charge is 2.16. The van der Waals surface area contributed by atoms with Crippen molar-refractivity contribution in [3.05, 3.63) is 77.4 Å².